The molecule has 2 nitrogen and oxygen atoms in total. The van der Waals surface area contributed by atoms with E-state index in [4.69, 9.17) is 9.47 Å². The Kier molecular flexibility index (Phi) is 6.68. The zero-order chi connectivity index (χ0) is 15.9. The maximum Gasteiger partial charge on any atom is 0.126 e. The zero-order valence-electron chi connectivity index (χ0n) is 13.7. The van der Waals surface area contributed by atoms with Gasteiger partial charge in [-0.25, -0.2) is 0 Å². The molecular formula is C18H24O2P2. The van der Waals surface area contributed by atoms with Gasteiger partial charge in [-0.15, -0.1) is 0 Å². The summed E-state index contributed by atoms with van der Waals surface area (Å²) in [5.74, 6) is 2.04. The molecule has 4 heteroatoms. The van der Waals surface area contributed by atoms with Crippen LogP contribution in [0.3, 0.4) is 0 Å². The normalized spacial score (nSPS) is 13.5. The summed E-state index contributed by atoms with van der Waals surface area (Å²) in [5, 5.41) is 2.73. The molecule has 0 aliphatic carbocycles. The Labute approximate surface area is 136 Å². The van der Waals surface area contributed by atoms with Gasteiger partial charge in [0.25, 0.3) is 0 Å². The number of hydrogen-bond acceptors (Lipinski definition) is 2. The van der Waals surface area contributed by atoms with Crippen LogP contribution >= 0.6 is 15.8 Å². The van der Waals surface area contributed by atoms with E-state index in [1.54, 1.807) is 14.2 Å². The maximum absolute atomic E-state index is 5.50. The van der Waals surface area contributed by atoms with Gasteiger partial charge in [0.05, 0.1) is 14.2 Å². The minimum absolute atomic E-state index is 0.189. The number of hydrogen-bond donors (Lipinski definition) is 0. The molecule has 2 aromatic carbocycles. The van der Waals surface area contributed by atoms with Gasteiger partial charge in [0.1, 0.15) is 11.5 Å². The van der Waals surface area contributed by atoms with Crippen molar-refractivity contribution in [2.45, 2.75) is 0 Å². The first kappa shape index (κ1) is 17.3. The third kappa shape index (κ3) is 4.22. The first-order valence-electron chi connectivity index (χ1n) is 7.35. The largest absolute Gasteiger partial charge is 0.496 e. The van der Waals surface area contributed by atoms with E-state index >= 15 is 0 Å². The van der Waals surface area contributed by atoms with Gasteiger partial charge in [0.2, 0.25) is 0 Å². The number of benzene rings is 2. The summed E-state index contributed by atoms with van der Waals surface area (Å²) in [6, 6.07) is 16.8. The Hall–Kier alpha value is -1.10. The van der Waals surface area contributed by atoms with Crippen LogP contribution in [0.1, 0.15) is 0 Å². The molecule has 0 spiro atoms. The van der Waals surface area contributed by atoms with E-state index in [0.29, 0.717) is 0 Å². The number of ether oxygens (including phenoxy) is 2. The average Bonchev–Trinajstić information content (AvgIpc) is 2.59. The Morgan fingerprint density at radius 1 is 0.682 bits per heavy atom. The van der Waals surface area contributed by atoms with Crippen molar-refractivity contribution in [1.29, 1.82) is 0 Å². The fraction of sp³-hybridized carbons (Fsp3) is 0.333. The van der Waals surface area contributed by atoms with Crippen molar-refractivity contribution in [2.75, 3.05) is 39.9 Å². The van der Waals surface area contributed by atoms with Crippen LogP contribution in [0.5, 0.6) is 11.5 Å². The lowest BCUT2D eigenvalue weighted by Crippen LogP contribution is -2.11. The Bertz CT molecular complexity index is 548. The summed E-state index contributed by atoms with van der Waals surface area (Å²) in [4.78, 5) is 0. The topological polar surface area (TPSA) is 18.5 Å². The second-order valence-corrected chi connectivity index (χ2v) is 9.84. The fourth-order valence-electron chi connectivity index (χ4n) is 2.43. The van der Waals surface area contributed by atoms with Crippen molar-refractivity contribution in [3.05, 3.63) is 48.5 Å². The lowest BCUT2D eigenvalue weighted by atomic mass is 10.3. The second-order valence-electron chi connectivity index (χ2n) is 5.19. The minimum atomic E-state index is -0.189. The summed E-state index contributed by atoms with van der Waals surface area (Å²) in [6.07, 6.45) is 2.44. The first-order chi connectivity index (χ1) is 10.7. The molecule has 0 amide bonds. The summed E-state index contributed by atoms with van der Waals surface area (Å²) in [6.45, 7) is 4.69. The molecule has 2 unspecified atom stereocenters. The predicted octanol–water partition coefficient (Wildman–Crippen LogP) is 3.88. The highest BCUT2D eigenvalue weighted by molar-refractivity contribution is 7.69. The van der Waals surface area contributed by atoms with E-state index in [-0.39, 0.29) is 15.8 Å². The molecule has 118 valence electrons. The third-order valence-electron chi connectivity index (χ3n) is 3.76. The van der Waals surface area contributed by atoms with Crippen LogP contribution < -0.4 is 20.1 Å². The smallest absolute Gasteiger partial charge is 0.126 e. The molecule has 2 aromatic rings. The molecule has 0 aliphatic heterocycles. The fourth-order valence-corrected chi connectivity index (χ4v) is 7.08. The molecule has 22 heavy (non-hydrogen) atoms. The quantitative estimate of drug-likeness (QED) is 0.716. The Morgan fingerprint density at radius 3 is 1.41 bits per heavy atom. The van der Waals surface area contributed by atoms with Crippen molar-refractivity contribution in [1.82, 2.24) is 0 Å². The van der Waals surface area contributed by atoms with E-state index in [9.17, 15) is 0 Å². The first-order valence-corrected chi connectivity index (χ1v) is 11.3. The van der Waals surface area contributed by atoms with Gasteiger partial charge < -0.3 is 9.47 Å². The molecule has 0 fully saturated rings. The van der Waals surface area contributed by atoms with Crippen molar-refractivity contribution in [3.63, 3.8) is 0 Å². The van der Waals surface area contributed by atoms with Gasteiger partial charge in [-0.1, -0.05) is 52.2 Å². The van der Waals surface area contributed by atoms with E-state index in [1.165, 1.54) is 22.9 Å². The van der Waals surface area contributed by atoms with Crippen LogP contribution in [0, 0.1) is 0 Å². The van der Waals surface area contributed by atoms with Gasteiger partial charge in [-0.05, 0) is 37.8 Å². The lowest BCUT2D eigenvalue weighted by molar-refractivity contribution is 0.418. The van der Waals surface area contributed by atoms with Crippen molar-refractivity contribution >= 4 is 26.5 Å². The maximum atomic E-state index is 5.50. The van der Waals surface area contributed by atoms with Crippen LogP contribution in [0.25, 0.3) is 0 Å². The van der Waals surface area contributed by atoms with E-state index in [1.807, 2.05) is 12.1 Å². The molecule has 2 rings (SSSR count). The summed E-state index contributed by atoms with van der Waals surface area (Å²) >= 11 is 0. The molecule has 0 bridgehead atoms. The minimum Gasteiger partial charge on any atom is -0.496 e. The van der Waals surface area contributed by atoms with Crippen LogP contribution in [0.2, 0.25) is 0 Å². The predicted molar refractivity (Wildman–Crippen MR) is 101 cm³/mol. The van der Waals surface area contributed by atoms with E-state index in [0.717, 1.165) is 11.5 Å². The third-order valence-corrected chi connectivity index (χ3v) is 8.29. The summed E-state index contributed by atoms with van der Waals surface area (Å²) in [5.41, 5.74) is 0. The Balaban J connectivity index is 2.03. The molecule has 0 radical (unpaired) electrons. The van der Waals surface area contributed by atoms with Gasteiger partial charge in [-0.2, -0.15) is 0 Å². The number of methoxy groups -OCH3 is 2. The summed E-state index contributed by atoms with van der Waals surface area (Å²) < 4.78 is 11.0. The molecule has 2 atom stereocenters. The molecule has 0 saturated heterocycles. The lowest BCUT2D eigenvalue weighted by Gasteiger charge is -2.20. The molecular weight excluding hydrogens is 310 g/mol. The standard InChI is InChI=1S/C18H24O2P2/c1-19-15-9-5-7-11-17(15)21(3)13-14-22(4)18-12-8-6-10-16(18)20-2/h5-12H,13-14H2,1-4H3. The van der Waals surface area contributed by atoms with Gasteiger partial charge in [0, 0.05) is 10.6 Å². The van der Waals surface area contributed by atoms with Crippen LogP contribution in [0.15, 0.2) is 48.5 Å². The summed E-state index contributed by atoms with van der Waals surface area (Å²) in [7, 11) is 3.13. The van der Waals surface area contributed by atoms with Crippen molar-refractivity contribution in [2.24, 2.45) is 0 Å². The molecule has 0 saturated carbocycles. The highest BCUT2D eigenvalue weighted by atomic mass is 31.1. The molecule has 0 heterocycles. The van der Waals surface area contributed by atoms with Crippen LogP contribution in [0.4, 0.5) is 0 Å². The van der Waals surface area contributed by atoms with E-state index in [2.05, 4.69) is 49.7 Å². The Morgan fingerprint density at radius 2 is 1.05 bits per heavy atom. The van der Waals surface area contributed by atoms with Gasteiger partial charge in [-0.3, -0.25) is 0 Å². The van der Waals surface area contributed by atoms with E-state index < -0.39 is 0 Å². The highest BCUT2D eigenvalue weighted by Crippen LogP contribution is 2.40. The van der Waals surface area contributed by atoms with Gasteiger partial charge >= 0.3 is 0 Å². The van der Waals surface area contributed by atoms with Crippen LogP contribution in [-0.2, 0) is 0 Å². The molecule has 0 N–H and O–H groups in total. The molecule has 0 aliphatic rings. The second kappa shape index (κ2) is 8.51. The average molecular weight is 334 g/mol. The van der Waals surface area contributed by atoms with Crippen molar-refractivity contribution in [3.8, 4) is 11.5 Å². The SMILES string of the molecule is COc1ccccc1P(C)CCP(C)c1ccccc1OC. The number of para-hydroxylation sites is 2. The van der Waals surface area contributed by atoms with Crippen LogP contribution in [-0.4, -0.2) is 39.9 Å². The zero-order valence-corrected chi connectivity index (χ0v) is 15.5. The van der Waals surface area contributed by atoms with Gasteiger partial charge in [0.15, 0.2) is 0 Å². The molecule has 0 aromatic heterocycles. The highest BCUT2D eigenvalue weighted by Gasteiger charge is 2.14. The number of rotatable bonds is 7. The monoisotopic (exact) mass is 334 g/mol. The van der Waals surface area contributed by atoms with Crippen molar-refractivity contribution < 1.29 is 9.47 Å².